The molecule has 5 nitrogen and oxygen atoms in total. The van der Waals surface area contributed by atoms with Gasteiger partial charge in [-0.2, -0.15) is 4.99 Å². The number of aliphatic imine (C=N–C) groups is 1. The second-order valence-corrected chi connectivity index (χ2v) is 2.96. The Balaban J connectivity index is 2.64. The Morgan fingerprint density at radius 3 is 2.58 bits per heavy atom. The number of hydrogen-bond acceptors (Lipinski definition) is 4. The van der Waals surface area contributed by atoms with Crippen LogP contribution in [0.5, 0.6) is 0 Å². The summed E-state index contributed by atoms with van der Waals surface area (Å²) < 4.78 is 5.29. The van der Waals surface area contributed by atoms with Gasteiger partial charge in [-0.3, -0.25) is 4.79 Å². The number of nitrogens with two attached hydrogens (primary N) is 1. The fourth-order valence-corrected chi connectivity index (χ4v) is 0.940. The van der Waals surface area contributed by atoms with Crippen LogP contribution in [0.25, 0.3) is 0 Å². The Bertz CT molecular complexity index is 225. The molecule has 0 saturated heterocycles. The van der Waals surface area contributed by atoms with E-state index >= 15 is 0 Å². The monoisotopic (exact) mass is 171 g/mol. The lowest BCUT2D eigenvalue weighted by molar-refractivity contribution is -0.138. The zero-order chi connectivity index (χ0) is 9.30. The molecular weight excluding hydrogens is 158 g/mol. The van der Waals surface area contributed by atoms with Crippen molar-refractivity contribution >= 4 is 11.9 Å². The smallest absolute Gasteiger partial charge is 0.299 e. The molecule has 0 aromatic carbocycles. The van der Waals surface area contributed by atoms with Crippen LogP contribution >= 0.6 is 0 Å². The Kier molecular flexibility index (Phi) is 2.32. The summed E-state index contributed by atoms with van der Waals surface area (Å²) >= 11 is 0. The number of ether oxygens (including phenoxy) is 1. The molecule has 12 heavy (non-hydrogen) atoms. The molecule has 0 aromatic heterocycles. The highest BCUT2D eigenvalue weighted by Gasteiger charge is 2.32. The van der Waals surface area contributed by atoms with Crippen LogP contribution < -0.4 is 5.73 Å². The van der Waals surface area contributed by atoms with Crippen molar-refractivity contribution in [3.8, 4) is 0 Å². The van der Waals surface area contributed by atoms with Gasteiger partial charge in [-0.05, 0) is 13.8 Å². The molecule has 1 atom stereocenters. The minimum Gasteiger partial charge on any atom is -0.369 e. The van der Waals surface area contributed by atoms with E-state index in [9.17, 15) is 4.79 Å². The second-order valence-electron chi connectivity index (χ2n) is 2.96. The maximum atomic E-state index is 11.1. The number of guanidine groups is 1. The molecule has 0 saturated carbocycles. The molecule has 1 aliphatic heterocycles. The molecule has 1 heterocycles. The van der Waals surface area contributed by atoms with Crippen molar-refractivity contribution in [2.24, 2.45) is 10.7 Å². The number of carbonyl (C=O) groups is 1. The van der Waals surface area contributed by atoms with Crippen molar-refractivity contribution in [2.75, 3.05) is 7.05 Å². The molecule has 68 valence electrons. The minimum atomic E-state index is -0.634. The first-order valence-electron chi connectivity index (χ1n) is 3.78. The molecule has 1 rings (SSSR count). The van der Waals surface area contributed by atoms with E-state index in [1.807, 2.05) is 13.8 Å². The summed E-state index contributed by atoms with van der Waals surface area (Å²) in [6.45, 7) is 3.71. The maximum absolute atomic E-state index is 11.1. The van der Waals surface area contributed by atoms with E-state index in [0.29, 0.717) is 0 Å². The molecule has 0 bridgehead atoms. The normalized spacial score (nSPS) is 23.7. The molecule has 1 unspecified atom stereocenters. The van der Waals surface area contributed by atoms with Crippen LogP contribution in [-0.4, -0.2) is 36.1 Å². The lowest BCUT2D eigenvalue weighted by Gasteiger charge is -2.21. The van der Waals surface area contributed by atoms with Crippen molar-refractivity contribution in [1.29, 1.82) is 0 Å². The number of rotatable bonds is 2. The highest BCUT2D eigenvalue weighted by molar-refractivity contribution is 6.01. The zero-order valence-electron chi connectivity index (χ0n) is 7.44. The van der Waals surface area contributed by atoms with Gasteiger partial charge in [-0.1, -0.05) is 0 Å². The fourth-order valence-electron chi connectivity index (χ4n) is 0.940. The lowest BCUT2D eigenvalue weighted by Crippen LogP contribution is -2.41. The van der Waals surface area contributed by atoms with Crippen molar-refractivity contribution in [3.05, 3.63) is 0 Å². The average Bonchev–Trinajstić information content (AvgIpc) is 2.16. The molecule has 0 fully saturated rings. The number of nitrogens with zero attached hydrogens (tertiary/aromatic N) is 2. The van der Waals surface area contributed by atoms with E-state index < -0.39 is 6.23 Å². The Labute approximate surface area is 71.2 Å². The maximum Gasteiger partial charge on any atom is 0.299 e. The summed E-state index contributed by atoms with van der Waals surface area (Å²) in [4.78, 5) is 16.2. The highest BCUT2D eigenvalue weighted by atomic mass is 16.5. The summed E-state index contributed by atoms with van der Waals surface area (Å²) in [7, 11) is 1.68. The molecule has 1 aliphatic rings. The standard InChI is InChI=1S/C7H13N3O2/c1-4(2)12-6-5(11)9-7(8)10(6)3/h4,6H,1-3H3,(H2,8,9,11). The third kappa shape index (κ3) is 1.55. The van der Waals surface area contributed by atoms with Crippen LogP contribution in [0, 0.1) is 0 Å². The van der Waals surface area contributed by atoms with Gasteiger partial charge >= 0.3 is 0 Å². The summed E-state index contributed by atoms with van der Waals surface area (Å²) in [6.07, 6.45) is -0.646. The summed E-state index contributed by atoms with van der Waals surface area (Å²) in [5.74, 6) is -0.116. The van der Waals surface area contributed by atoms with E-state index in [1.165, 1.54) is 4.90 Å². The first-order chi connectivity index (χ1) is 5.52. The molecule has 2 N–H and O–H groups in total. The largest absolute Gasteiger partial charge is 0.369 e. The van der Waals surface area contributed by atoms with Crippen molar-refractivity contribution < 1.29 is 9.53 Å². The van der Waals surface area contributed by atoms with Crippen molar-refractivity contribution in [3.63, 3.8) is 0 Å². The fraction of sp³-hybridized carbons (Fsp3) is 0.714. The summed E-state index contributed by atoms with van der Waals surface area (Å²) in [5, 5.41) is 0. The van der Waals surface area contributed by atoms with Gasteiger partial charge in [0.25, 0.3) is 5.91 Å². The van der Waals surface area contributed by atoms with E-state index in [2.05, 4.69) is 4.99 Å². The Morgan fingerprint density at radius 1 is 1.67 bits per heavy atom. The highest BCUT2D eigenvalue weighted by Crippen LogP contribution is 2.10. The van der Waals surface area contributed by atoms with Crippen LogP contribution in [-0.2, 0) is 9.53 Å². The second kappa shape index (κ2) is 3.10. The van der Waals surface area contributed by atoms with Gasteiger partial charge < -0.3 is 15.4 Å². The first-order valence-corrected chi connectivity index (χ1v) is 3.78. The van der Waals surface area contributed by atoms with Gasteiger partial charge in [0.05, 0.1) is 6.10 Å². The Hall–Kier alpha value is -1.10. The van der Waals surface area contributed by atoms with E-state index in [-0.39, 0.29) is 18.0 Å². The number of likely N-dealkylation sites (N-methyl/N-ethyl adjacent to an activating group) is 1. The van der Waals surface area contributed by atoms with Gasteiger partial charge in [0.1, 0.15) is 0 Å². The van der Waals surface area contributed by atoms with E-state index in [4.69, 9.17) is 10.5 Å². The predicted octanol–water partition coefficient (Wildman–Crippen LogP) is -0.476. The minimum absolute atomic E-state index is 0.0116. The molecule has 1 amide bonds. The van der Waals surface area contributed by atoms with E-state index in [1.54, 1.807) is 7.05 Å². The molecular formula is C7H13N3O2. The number of carbonyl (C=O) groups excluding carboxylic acids is 1. The van der Waals surface area contributed by atoms with E-state index in [0.717, 1.165) is 0 Å². The molecule has 5 heteroatoms. The summed E-state index contributed by atoms with van der Waals surface area (Å²) in [5.41, 5.74) is 5.41. The molecule has 0 aromatic rings. The van der Waals surface area contributed by atoms with Crippen molar-refractivity contribution in [1.82, 2.24) is 4.90 Å². The summed E-state index contributed by atoms with van der Waals surface area (Å²) in [6, 6.07) is 0. The predicted molar refractivity (Wildman–Crippen MR) is 44.4 cm³/mol. The van der Waals surface area contributed by atoms with Gasteiger partial charge in [-0.15, -0.1) is 0 Å². The van der Waals surface area contributed by atoms with Crippen LogP contribution in [0.2, 0.25) is 0 Å². The first kappa shape index (κ1) is 8.99. The van der Waals surface area contributed by atoms with Gasteiger partial charge in [-0.25, -0.2) is 0 Å². The number of hydrogen-bond donors (Lipinski definition) is 1. The van der Waals surface area contributed by atoms with Crippen LogP contribution in [0.3, 0.4) is 0 Å². The molecule has 0 aliphatic carbocycles. The topological polar surface area (TPSA) is 67.9 Å². The van der Waals surface area contributed by atoms with Crippen molar-refractivity contribution in [2.45, 2.75) is 26.2 Å². The Morgan fingerprint density at radius 2 is 2.25 bits per heavy atom. The average molecular weight is 171 g/mol. The lowest BCUT2D eigenvalue weighted by atomic mass is 10.4. The number of amides is 1. The third-order valence-corrected chi connectivity index (χ3v) is 1.55. The van der Waals surface area contributed by atoms with Crippen LogP contribution in [0.4, 0.5) is 0 Å². The third-order valence-electron chi connectivity index (χ3n) is 1.55. The van der Waals surface area contributed by atoms with Crippen LogP contribution in [0.15, 0.2) is 4.99 Å². The van der Waals surface area contributed by atoms with Gasteiger partial charge in [0, 0.05) is 7.05 Å². The zero-order valence-corrected chi connectivity index (χ0v) is 7.44. The molecule has 0 radical (unpaired) electrons. The van der Waals surface area contributed by atoms with Gasteiger partial charge in [0.2, 0.25) is 12.2 Å². The SMILES string of the molecule is CC(C)OC1C(=O)N=C(N)N1C. The molecule has 0 spiro atoms. The van der Waals surface area contributed by atoms with Crippen LogP contribution in [0.1, 0.15) is 13.8 Å². The van der Waals surface area contributed by atoms with Gasteiger partial charge in [0.15, 0.2) is 0 Å². The quantitative estimate of drug-likeness (QED) is 0.609.